The number of ether oxygens (including phenoxy) is 2. The van der Waals surface area contributed by atoms with Gasteiger partial charge < -0.3 is 24.6 Å². The summed E-state index contributed by atoms with van der Waals surface area (Å²) < 4.78 is 36.8. The number of phenols is 1. The SMILES string of the molecule is COC1=C(OC)C(=O)C(C/C=C(\C)CC/C=C(\C)CC/C=C(\C)CC/C=C(\C)CC/C=C(\C)CC/C=C(/C)CC/C=C(\C)CC/C=C(\C)CC/C=C(\C)CCC=C(C)C)=C(C)C1=O.O=C1[C@H](CC[C@H](O)c2ccc(F)cc2)[C@@H](c2ccc(O)cc2)N1c1ccc(F)cc1. The Labute approximate surface area is 558 Å². The van der Waals surface area contributed by atoms with E-state index in [4.69, 9.17) is 9.47 Å². The van der Waals surface area contributed by atoms with Crippen LogP contribution in [0.2, 0.25) is 0 Å². The molecule has 3 aromatic carbocycles. The van der Waals surface area contributed by atoms with Crippen molar-refractivity contribution in [2.75, 3.05) is 19.1 Å². The number of anilines is 1. The minimum Gasteiger partial charge on any atom is -0.508 e. The largest absolute Gasteiger partial charge is 0.508 e. The van der Waals surface area contributed by atoms with Crippen LogP contribution in [0.5, 0.6) is 5.75 Å². The van der Waals surface area contributed by atoms with Crippen LogP contribution in [0.25, 0.3) is 0 Å². The summed E-state index contributed by atoms with van der Waals surface area (Å²) in [5, 5.41) is 20.1. The lowest BCUT2D eigenvalue weighted by Crippen LogP contribution is -2.55. The predicted molar refractivity (Wildman–Crippen MR) is 384 cm³/mol. The van der Waals surface area contributed by atoms with E-state index in [1.807, 2.05) is 0 Å². The van der Waals surface area contributed by atoms with Crippen LogP contribution in [0.1, 0.15) is 241 Å². The summed E-state index contributed by atoms with van der Waals surface area (Å²) >= 11 is 0. The summed E-state index contributed by atoms with van der Waals surface area (Å²) in [7, 11) is 2.78. The molecule has 1 saturated heterocycles. The van der Waals surface area contributed by atoms with E-state index in [9.17, 15) is 33.4 Å². The smallest absolute Gasteiger partial charge is 0.233 e. The van der Waals surface area contributed by atoms with E-state index in [0.29, 0.717) is 41.7 Å². The van der Waals surface area contributed by atoms with Gasteiger partial charge in [0.2, 0.25) is 29.0 Å². The number of carbonyl (C=O) groups excluding carboxylic acids is 3. The predicted octanol–water partition coefficient (Wildman–Crippen LogP) is 22.7. The van der Waals surface area contributed by atoms with Crippen molar-refractivity contribution in [2.45, 2.75) is 230 Å². The zero-order valence-electron chi connectivity index (χ0n) is 58.9. The van der Waals surface area contributed by atoms with Crippen LogP contribution in [0, 0.1) is 17.6 Å². The van der Waals surface area contributed by atoms with Crippen LogP contribution in [-0.4, -0.2) is 41.9 Å². The molecule has 10 heteroatoms. The van der Waals surface area contributed by atoms with Gasteiger partial charge in [-0.05, 0) is 278 Å². The van der Waals surface area contributed by atoms with Gasteiger partial charge in [0.25, 0.3) is 0 Å². The molecule has 2 aliphatic rings. The fourth-order valence-corrected chi connectivity index (χ4v) is 11.6. The summed E-state index contributed by atoms with van der Waals surface area (Å²) in [6.45, 7) is 26.3. The van der Waals surface area contributed by atoms with Gasteiger partial charge in [-0.15, -0.1) is 0 Å². The van der Waals surface area contributed by atoms with E-state index in [0.717, 1.165) is 102 Å². The Balaban J connectivity index is 0.000000504. The minimum atomic E-state index is -0.807. The van der Waals surface area contributed by atoms with Crippen molar-refractivity contribution in [1.29, 1.82) is 0 Å². The molecular formula is C83H111F2NO7. The van der Waals surface area contributed by atoms with Gasteiger partial charge in [-0.2, -0.15) is 0 Å². The van der Waals surface area contributed by atoms with Gasteiger partial charge >= 0.3 is 0 Å². The van der Waals surface area contributed by atoms with Crippen molar-refractivity contribution >= 4 is 23.2 Å². The fraction of sp³-hybridized carbons (Fsp3) is 0.458. The molecule has 0 spiro atoms. The summed E-state index contributed by atoms with van der Waals surface area (Å²) in [6, 6.07) is 17.7. The van der Waals surface area contributed by atoms with Gasteiger partial charge in [0.1, 0.15) is 17.4 Å². The highest BCUT2D eigenvalue weighted by molar-refractivity contribution is 6.23. The lowest BCUT2D eigenvalue weighted by atomic mass is 9.78. The minimum absolute atomic E-state index is 0.00667. The number of hydrogen-bond donors (Lipinski definition) is 2. The van der Waals surface area contributed by atoms with E-state index in [1.165, 1.54) is 126 Å². The first-order valence-electron chi connectivity index (χ1n) is 33.9. The van der Waals surface area contributed by atoms with Crippen LogP contribution in [0.3, 0.4) is 0 Å². The molecule has 0 radical (unpaired) electrons. The van der Waals surface area contributed by atoms with Gasteiger partial charge in [0.15, 0.2) is 0 Å². The molecule has 93 heavy (non-hydrogen) atoms. The van der Waals surface area contributed by atoms with Crippen molar-refractivity contribution < 1.29 is 42.9 Å². The van der Waals surface area contributed by atoms with Crippen molar-refractivity contribution in [2.24, 2.45) is 5.92 Å². The number of rotatable bonds is 37. The van der Waals surface area contributed by atoms with Crippen molar-refractivity contribution in [3.63, 3.8) is 0 Å². The third-order valence-electron chi connectivity index (χ3n) is 17.7. The van der Waals surface area contributed by atoms with Crippen molar-refractivity contribution in [3.8, 4) is 5.75 Å². The number of ketones is 2. The van der Waals surface area contributed by atoms with E-state index >= 15 is 0 Å². The number of allylic oxidation sites excluding steroid dienone is 22. The number of Topliss-reactive ketones (excluding diaryl/α,β-unsaturated/α-hetero) is 2. The van der Waals surface area contributed by atoms with Crippen LogP contribution in [-0.2, 0) is 23.9 Å². The number of amides is 1. The van der Waals surface area contributed by atoms with Crippen LogP contribution >= 0.6 is 0 Å². The number of aromatic hydroxyl groups is 1. The molecule has 5 rings (SSSR count). The number of carbonyl (C=O) groups is 3. The summed E-state index contributed by atoms with van der Waals surface area (Å²) in [6.07, 6.45) is 44.2. The summed E-state index contributed by atoms with van der Waals surface area (Å²) in [4.78, 5) is 40.1. The Bertz CT molecular complexity index is 3290. The number of phenolic OH excluding ortho intramolecular Hbond substituents is 1. The van der Waals surface area contributed by atoms with Crippen molar-refractivity contribution in [1.82, 2.24) is 0 Å². The number of aliphatic hydroxyl groups is 1. The van der Waals surface area contributed by atoms with Gasteiger partial charge in [-0.25, -0.2) is 8.78 Å². The third kappa shape index (κ3) is 28.4. The van der Waals surface area contributed by atoms with Crippen LogP contribution in [0.4, 0.5) is 14.5 Å². The van der Waals surface area contributed by atoms with Gasteiger partial charge in [0.05, 0.1) is 32.3 Å². The first-order valence-corrected chi connectivity index (χ1v) is 33.9. The van der Waals surface area contributed by atoms with Gasteiger partial charge in [0, 0.05) is 16.8 Å². The molecular weight excluding hydrogens is 1160 g/mol. The standard InChI is InChI=1S/C59H90O4.C24H21F2NO3/c1-44(2)24-15-25-45(3)26-16-27-46(4)28-17-29-47(5)30-18-31-48(6)32-19-33-49(7)34-20-35-50(8)36-21-37-51(9)38-22-39-52(10)40-23-41-53(11)42-43-55-54(12)56(60)58(62-13)59(63-14)57(55)61;25-17-5-1-15(2-6-17)22(29)14-13-21-23(16-3-11-20(28)12-4-16)27(24(21)30)19-9-7-18(26)8-10-19/h24,26,28,30,32,34,36,38,40,42H,15-23,25,27,29,31,33,35,37,39,41,43H2,1-14H3;1-12,21-23,28-29H,13-14H2/b45-26+,46-28+,47-30+,48-32-,49-34+,50-36+,51-38+,52-40+,53-42+;/t;21-,22+,23-/m.1/s1. The monoisotopic (exact) mass is 1270 g/mol. The Morgan fingerprint density at radius 2 is 0.806 bits per heavy atom. The molecule has 0 saturated carbocycles. The molecule has 8 nitrogen and oxygen atoms in total. The molecule has 1 heterocycles. The van der Waals surface area contributed by atoms with E-state index < -0.39 is 6.10 Å². The Morgan fingerprint density at radius 3 is 1.16 bits per heavy atom. The molecule has 2 N–H and O–H groups in total. The molecule has 1 aliphatic heterocycles. The number of nitrogens with zero attached hydrogens (tertiary/aromatic N) is 1. The maximum atomic E-state index is 13.3. The first-order chi connectivity index (χ1) is 44.4. The van der Waals surface area contributed by atoms with Crippen LogP contribution < -0.4 is 4.90 Å². The van der Waals surface area contributed by atoms with E-state index in [-0.39, 0.29) is 58.3 Å². The van der Waals surface area contributed by atoms with Crippen molar-refractivity contribution in [3.05, 3.63) is 235 Å². The average Bonchev–Trinajstić information content (AvgIpc) is 0.754. The maximum absolute atomic E-state index is 13.3. The van der Waals surface area contributed by atoms with E-state index in [1.54, 1.807) is 48.2 Å². The first kappa shape index (κ1) is 78.0. The zero-order chi connectivity index (χ0) is 68.4. The highest BCUT2D eigenvalue weighted by Crippen LogP contribution is 2.46. The molecule has 504 valence electrons. The number of β-lactam (4-membered cyclic amide) rings is 1. The lowest BCUT2D eigenvalue weighted by molar-refractivity contribution is -0.131. The molecule has 1 aliphatic carbocycles. The number of hydrogen-bond acceptors (Lipinski definition) is 7. The Kier molecular flexibility index (Phi) is 35.2. The van der Waals surface area contributed by atoms with E-state index in [2.05, 4.69) is 137 Å². The second-order valence-electron chi connectivity index (χ2n) is 26.1. The molecule has 3 aromatic rings. The molecule has 1 fully saturated rings. The Morgan fingerprint density at radius 1 is 0.473 bits per heavy atom. The Hall–Kier alpha value is -7.43. The average molecular weight is 1270 g/mol. The van der Waals surface area contributed by atoms with Gasteiger partial charge in [-0.1, -0.05) is 141 Å². The second-order valence-corrected chi connectivity index (χ2v) is 26.1. The quantitative estimate of drug-likeness (QED) is 0.0336. The summed E-state index contributed by atoms with van der Waals surface area (Å²) in [5.74, 6) is -1.67. The molecule has 0 unspecified atom stereocenters. The summed E-state index contributed by atoms with van der Waals surface area (Å²) in [5.41, 5.74) is 17.5. The number of aliphatic hydroxyl groups excluding tert-OH is 1. The number of halogens is 2. The number of benzene rings is 3. The highest BCUT2D eigenvalue weighted by atomic mass is 19.1. The molecule has 0 bridgehead atoms. The topological polar surface area (TPSA) is 113 Å². The lowest BCUT2D eigenvalue weighted by Gasteiger charge is -2.48. The molecule has 1 amide bonds. The highest BCUT2D eigenvalue weighted by Gasteiger charge is 2.48. The van der Waals surface area contributed by atoms with Gasteiger partial charge in [-0.3, -0.25) is 14.4 Å². The zero-order valence-corrected chi connectivity index (χ0v) is 58.9. The number of methoxy groups -OCH3 is 2. The third-order valence-corrected chi connectivity index (χ3v) is 17.7. The fourth-order valence-electron chi connectivity index (χ4n) is 11.6. The normalized spacial score (nSPS) is 17.0. The maximum Gasteiger partial charge on any atom is 0.233 e. The second kappa shape index (κ2) is 42.0. The van der Waals surface area contributed by atoms with Crippen LogP contribution in [0.15, 0.2) is 212 Å². The molecule has 3 atom stereocenters. The molecule has 0 aromatic heterocycles.